The van der Waals surface area contributed by atoms with E-state index in [9.17, 15) is 5.26 Å². The summed E-state index contributed by atoms with van der Waals surface area (Å²) in [5.41, 5.74) is 17.9. The topological polar surface area (TPSA) is 66.8 Å². The lowest BCUT2D eigenvalue weighted by atomic mass is 9.81. The Morgan fingerprint density at radius 2 is 1.03 bits per heavy atom. The molecule has 5 heteroatoms. The molecule has 0 saturated carbocycles. The first kappa shape index (κ1) is 37.0. The Bertz CT molecular complexity index is 3200. The van der Waals surface area contributed by atoms with E-state index in [4.69, 9.17) is 16.5 Å². The molecule has 7 aromatic carbocycles. The van der Waals surface area contributed by atoms with Crippen LogP contribution in [0.15, 0.2) is 188 Å². The summed E-state index contributed by atoms with van der Waals surface area (Å²) in [6, 6.07) is 63.1. The van der Waals surface area contributed by atoms with Gasteiger partial charge >= 0.3 is 0 Å². The quantitative estimate of drug-likeness (QED) is 0.151. The van der Waals surface area contributed by atoms with E-state index in [1.54, 1.807) is 12.3 Å². The smallest absolute Gasteiger partial charge is 0.196 e. The van der Waals surface area contributed by atoms with Crippen LogP contribution < -0.4 is 0 Å². The predicted octanol–water partition coefficient (Wildman–Crippen LogP) is 14.3. The fourth-order valence-electron chi connectivity index (χ4n) is 8.58. The van der Waals surface area contributed by atoms with E-state index in [0.717, 1.165) is 94.8 Å². The highest BCUT2D eigenvalue weighted by Gasteiger charge is 2.37. The van der Waals surface area contributed by atoms with Crippen LogP contribution in [0.5, 0.6) is 0 Å². The van der Waals surface area contributed by atoms with Crippen LogP contribution in [0.2, 0.25) is 0 Å². The third kappa shape index (κ3) is 6.85. The Balaban J connectivity index is 1.14. The highest BCUT2D eigenvalue weighted by Crippen LogP contribution is 2.53. The Morgan fingerprint density at radius 1 is 0.492 bits per heavy atom. The van der Waals surface area contributed by atoms with E-state index in [-0.39, 0.29) is 0 Å². The van der Waals surface area contributed by atoms with Gasteiger partial charge in [-0.15, -0.1) is 0 Å². The summed E-state index contributed by atoms with van der Waals surface area (Å²) in [6.07, 6.45) is 3.67. The average Bonchev–Trinajstić information content (AvgIpc) is 3.56. The molecule has 5 nitrogen and oxygen atoms in total. The van der Waals surface area contributed by atoms with Crippen molar-refractivity contribution in [2.24, 2.45) is 0 Å². The second-order valence-electron chi connectivity index (χ2n) is 15.9. The number of rotatable bonds is 7. The minimum absolute atomic E-state index is 0.419. The van der Waals surface area contributed by atoms with E-state index >= 15 is 0 Å². The second kappa shape index (κ2) is 15.2. The number of nitrogens with zero attached hydrogens (tertiary/aromatic N) is 5. The van der Waals surface area contributed by atoms with Gasteiger partial charge in [-0.25, -0.2) is 14.8 Å². The average molecular weight is 780 g/mol. The zero-order valence-electron chi connectivity index (χ0n) is 33.6. The lowest BCUT2D eigenvalue weighted by Crippen LogP contribution is -2.15. The molecule has 61 heavy (non-hydrogen) atoms. The molecule has 9 aromatic rings. The van der Waals surface area contributed by atoms with Crippen LogP contribution in [0.25, 0.3) is 94.4 Å². The number of hydrogen-bond acceptors (Lipinski definition) is 4. The van der Waals surface area contributed by atoms with Gasteiger partial charge in [-0.3, -0.25) is 4.98 Å². The second-order valence-corrected chi connectivity index (χ2v) is 15.9. The number of benzene rings is 7. The van der Waals surface area contributed by atoms with Gasteiger partial charge in [0.25, 0.3) is 0 Å². The van der Waals surface area contributed by atoms with Crippen molar-refractivity contribution >= 4 is 5.69 Å². The van der Waals surface area contributed by atoms with Gasteiger partial charge in [-0.05, 0) is 115 Å². The predicted molar refractivity (Wildman–Crippen MR) is 246 cm³/mol. The van der Waals surface area contributed by atoms with Crippen LogP contribution in [-0.4, -0.2) is 15.0 Å². The summed E-state index contributed by atoms with van der Waals surface area (Å²) in [4.78, 5) is 18.6. The van der Waals surface area contributed by atoms with Crippen LogP contribution in [0, 0.1) is 17.9 Å². The summed E-state index contributed by atoms with van der Waals surface area (Å²) < 4.78 is 0. The molecule has 0 fully saturated rings. The lowest BCUT2D eigenvalue weighted by molar-refractivity contribution is 0.660. The van der Waals surface area contributed by atoms with E-state index < -0.39 is 5.41 Å². The first-order valence-electron chi connectivity index (χ1n) is 20.2. The molecule has 0 bridgehead atoms. The zero-order chi connectivity index (χ0) is 41.5. The van der Waals surface area contributed by atoms with Crippen LogP contribution in [0.3, 0.4) is 0 Å². The van der Waals surface area contributed by atoms with Crippen molar-refractivity contribution in [2.75, 3.05) is 0 Å². The van der Waals surface area contributed by atoms with Crippen molar-refractivity contribution in [2.45, 2.75) is 19.3 Å². The molecule has 0 atom stereocenters. The Morgan fingerprint density at radius 3 is 1.67 bits per heavy atom. The lowest BCUT2D eigenvalue weighted by Gasteiger charge is -2.22. The minimum atomic E-state index is -0.419. The fourth-order valence-corrected chi connectivity index (χ4v) is 8.58. The molecule has 0 amide bonds. The minimum Gasteiger partial charge on any atom is -0.264 e. The van der Waals surface area contributed by atoms with E-state index in [2.05, 4.69) is 163 Å². The molecule has 286 valence electrons. The molecule has 1 aliphatic carbocycles. The van der Waals surface area contributed by atoms with Gasteiger partial charge in [0.05, 0.1) is 24.0 Å². The first-order valence-corrected chi connectivity index (χ1v) is 20.2. The van der Waals surface area contributed by atoms with Crippen molar-refractivity contribution in [3.63, 3.8) is 0 Å². The largest absolute Gasteiger partial charge is 0.264 e. The molecule has 10 rings (SSSR count). The molecule has 0 radical (unpaired) electrons. The van der Waals surface area contributed by atoms with Crippen molar-refractivity contribution in [3.05, 3.63) is 216 Å². The summed E-state index contributed by atoms with van der Waals surface area (Å²) in [6.45, 7) is 12.4. The van der Waals surface area contributed by atoms with Gasteiger partial charge < -0.3 is 0 Å². The SMILES string of the molecule is [C-]#[N+]c1cc(C#N)cc2c1-c1ccc(-c3cc(-c4ccc(-c5cccnc5)cc4)cc(-c4cc(-c5ccc(-c6ccccc6)cc5)nc(-c5ccccc5)n4)c3)cc1C2(C)C. The van der Waals surface area contributed by atoms with Crippen molar-refractivity contribution < 1.29 is 0 Å². The van der Waals surface area contributed by atoms with Crippen LogP contribution in [0.4, 0.5) is 5.69 Å². The molecule has 2 heterocycles. The third-order valence-electron chi connectivity index (χ3n) is 11.8. The van der Waals surface area contributed by atoms with E-state index in [0.29, 0.717) is 17.1 Å². The maximum atomic E-state index is 9.83. The number of fused-ring (bicyclic) bond motifs is 3. The molecule has 0 aliphatic heterocycles. The molecule has 0 unspecified atom stereocenters. The molecule has 0 spiro atoms. The van der Waals surface area contributed by atoms with Crippen LogP contribution in [0.1, 0.15) is 30.5 Å². The summed E-state index contributed by atoms with van der Waals surface area (Å²) in [5, 5.41) is 9.83. The highest BCUT2D eigenvalue weighted by atomic mass is 14.9. The van der Waals surface area contributed by atoms with Crippen molar-refractivity contribution in [1.82, 2.24) is 15.0 Å². The fraction of sp³-hybridized carbons (Fsp3) is 0.0536. The van der Waals surface area contributed by atoms with E-state index in [1.165, 1.54) is 0 Å². The summed E-state index contributed by atoms with van der Waals surface area (Å²) in [5.74, 6) is 0.650. The number of hydrogen-bond donors (Lipinski definition) is 0. The number of pyridine rings is 1. The molecule has 0 N–H and O–H groups in total. The summed E-state index contributed by atoms with van der Waals surface area (Å²) in [7, 11) is 0. The van der Waals surface area contributed by atoms with Crippen LogP contribution >= 0.6 is 0 Å². The molecule has 1 aliphatic rings. The van der Waals surface area contributed by atoms with E-state index in [1.807, 2.05) is 42.6 Å². The maximum Gasteiger partial charge on any atom is 0.196 e. The van der Waals surface area contributed by atoms with Gasteiger partial charge in [0, 0.05) is 40.1 Å². The van der Waals surface area contributed by atoms with Crippen molar-refractivity contribution in [3.8, 4) is 95.6 Å². The van der Waals surface area contributed by atoms with Crippen molar-refractivity contribution in [1.29, 1.82) is 5.26 Å². The highest BCUT2D eigenvalue weighted by molar-refractivity contribution is 5.93. The standard InChI is InChI=1S/C56H37N5/c1-56(2)49-32-43(24-25-48(49)54-50(56)27-36(34-57)28-53(54)58-3)46-29-45(40-18-16-39(17-19-40)44-15-10-26-59-35-44)30-47(31-46)52-33-51(60-55(61-52)42-13-8-5-9-14-42)41-22-20-38(21-23-41)37-11-6-4-7-12-37/h4-33,35H,1-2H3. The Kier molecular flexibility index (Phi) is 9.21. The van der Waals surface area contributed by atoms with Gasteiger partial charge in [-0.1, -0.05) is 141 Å². The number of nitriles is 1. The zero-order valence-corrected chi connectivity index (χ0v) is 33.6. The van der Waals surface area contributed by atoms with Gasteiger partial charge in [-0.2, -0.15) is 5.26 Å². The van der Waals surface area contributed by atoms with Gasteiger partial charge in [0.15, 0.2) is 11.5 Å². The maximum absolute atomic E-state index is 9.83. The van der Waals surface area contributed by atoms with Gasteiger partial charge in [0.2, 0.25) is 0 Å². The molecule has 2 aromatic heterocycles. The Labute approximate surface area is 355 Å². The molecule has 0 saturated heterocycles. The van der Waals surface area contributed by atoms with Gasteiger partial charge in [0.1, 0.15) is 0 Å². The molecular weight excluding hydrogens is 743 g/mol. The monoisotopic (exact) mass is 779 g/mol. The number of aromatic nitrogens is 3. The Hall–Kier alpha value is -8.25. The van der Waals surface area contributed by atoms with Crippen LogP contribution in [-0.2, 0) is 5.41 Å². The third-order valence-corrected chi connectivity index (χ3v) is 11.8. The molecular formula is C56H37N5. The first-order chi connectivity index (χ1) is 29.9. The normalized spacial score (nSPS) is 12.2. The summed E-state index contributed by atoms with van der Waals surface area (Å²) >= 11 is 0.